The first-order chi connectivity index (χ1) is 10.6. The largest absolute Gasteiger partial charge is 0.480 e. The molecule has 0 unspecified atom stereocenters. The van der Waals surface area contributed by atoms with Gasteiger partial charge in [0.2, 0.25) is 0 Å². The summed E-state index contributed by atoms with van der Waals surface area (Å²) in [6.07, 6.45) is 10.0. The highest BCUT2D eigenvalue weighted by atomic mass is 16.4. The molecule has 4 aliphatic rings. The summed E-state index contributed by atoms with van der Waals surface area (Å²) in [5, 5.41) is 8.52. The van der Waals surface area contributed by atoms with E-state index in [1.54, 1.807) is 38.2 Å². The predicted octanol–water partition coefficient (Wildman–Crippen LogP) is 3.18. The molecule has 4 heteroatoms. The van der Waals surface area contributed by atoms with Crippen molar-refractivity contribution in [2.75, 3.05) is 0 Å². The van der Waals surface area contributed by atoms with Gasteiger partial charge in [-0.3, -0.25) is 4.79 Å². The van der Waals surface area contributed by atoms with Crippen molar-refractivity contribution in [3.8, 4) is 0 Å². The van der Waals surface area contributed by atoms with Crippen molar-refractivity contribution in [1.29, 1.82) is 0 Å². The Bertz CT molecular complexity index is 449. The van der Waals surface area contributed by atoms with Crippen LogP contribution in [0, 0.1) is 17.8 Å². The fourth-order valence-electron chi connectivity index (χ4n) is 4.94. The molecule has 1 atom stereocenters. The number of carboxylic acids is 1. The van der Waals surface area contributed by atoms with Crippen molar-refractivity contribution in [2.24, 2.45) is 23.5 Å². The molecular formula is C18H26BNO2. The summed E-state index contributed by atoms with van der Waals surface area (Å²) >= 11 is 0. The van der Waals surface area contributed by atoms with Crippen LogP contribution in [0.4, 0.5) is 0 Å². The average molecular weight is 299 g/mol. The third-order valence-corrected chi connectivity index (χ3v) is 5.62. The molecule has 1 saturated carbocycles. The normalized spacial score (nSPS) is 29.7. The first kappa shape index (κ1) is 15.6. The molecule has 5 rings (SSSR count). The summed E-state index contributed by atoms with van der Waals surface area (Å²) in [7, 11) is 0. The molecule has 1 aromatic rings. The molecule has 3 heterocycles. The van der Waals surface area contributed by atoms with Crippen LogP contribution in [0.15, 0.2) is 30.3 Å². The second-order valence-electron chi connectivity index (χ2n) is 7.51. The topological polar surface area (TPSA) is 63.3 Å². The summed E-state index contributed by atoms with van der Waals surface area (Å²) < 4.78 is 0. The lowest BCUT2D eigenvalue weighted by atomic mass is 9.28. The Morgan fingerprint density at radius 3 is 2.00 bits per heavy atom. The van der Waals surface area contributed by atoms with Gasteiger partial charge in [0.25, 0.3) is 0 Å². The Hall–Kier alpha value is -1.29. The van der Waals surface area contributed by atoms with Crippen molar-refractivity contribution in [2.45, 2.75) is 50.7 Å². The molecule has 4 bridgehead atoms. The highest BCUT2D eigenvalue weighted by molar-refractivity contribution is 6.59. The number of carbonyl (C=O) groups is 1. The molecule has 3 nitrogen and oxygen atoms in total. The number of hydrogen-bond donors (Lipinski definition) is 2. The molecule has 1 aliphatic carbocycles. The van der Waals surface area contributed by atoms with E-state index < -0.39 is 12.0 Å². The standard InChI is InChI=1S/C9H15B.C9H11NO2/c1-7-2-9-3-8(1)5-10(4-7)6-9;10-8(9(11)12)6-7-4-2-1-3-5-7/h7-9H,1-6H2;1-5,8H,6,10H2,(H,11,12)/t;8-/m.0/s1. The van der Waals surface area contributed by atoms with E-state index in [2.05, 4.69) is 0 Å². The molecule has 1 aromatic carbocycles. The van der Waals surface area contributed by atoms with Gasteiger partial charge < -0.3 is 10.8 Å². The van der Waals surface area contributed by atoms with Gasteiger partial charge in [0, 0.05) is 0 Å². The quantitative estimate of drug-likeness (QED) is 0.843. The van der Waals surface area contributed by atoms with E-state index in [4.69, 9.17) is 10.8 Å². The second kappa shape index (κ2) is 6.87. The van der Waals surface area contributed by atoms with Gasteiger partial charge in [0.05, 0.1) is 0 Å². The summed E-state index contributed by atoms with van der Waals surface area (Å²) in [5.74, 6) is 2.57. The van der Waals surface area contributed by atoms with Crippen molar-refractivity contribution in [3.63, 3.8) is 0 Å². The van der Waals surface area contributed by atoms with Crippen LogP contribution in [-0.4, -0.2) is 23.8 Å². The molecule has 0 aromatic heterocycles. The number of carboxylic acid groups (broad SMARTS) is 1. The van der Waals surface area contributed by atoms with Crippen LogP contribution in [0.2, 0.25) is 19.0 Å². The van der Waals surface area contributed by atoms with Gasteiger partial charge in [-0.15, -0.1) is 0 Å². The number of aliphatic carboxylic acids is 1. The Kier molecular flexibility index (Phi) is 4.87. The molecule has 22 heavy (non-hydrogen) atoms. The van der Waals surface area contributed by atoms with Crippen molar-refractivity contribution in [3.05, 3.63) is 35.9 Å². The van der Waals surface area contributed by atoms with Crippen LogP contribution in [0.5, 0.6) is 0 Å². The lowest BCUT2D eigenvalue weighted by molar-refractivity contribution is -0.138. The first-order valence-corrected chi connectivity index (χ1v) is 8.62. The van der Waals surface area contributed by atoms with Crippen LogP contribution in [0.25, 0.3) is 0 Å². The zero-order valence-corrected chi connectivity index (χ0v) is 13.2. The molecule has 3 saturated heterocycles. The van der Waals surface area contributed by atoms with Gasteiger partial charge in [0.15, 0.2) is 0 Å². The fourth-order valence-corrected chi connectivity index (χ4v) is 4.94. The third kappa shape index (κ3) is 3.92. The lowest BCUT2D eigenvalue weighted by Gasteiger charge is -2.48. The molecule has 118 valence electrons. The molecule has 3 aliphatic heterocycles. The molecular weight excluding hydrogens is 273 g/mol. The Morgan fingerprint density at radius 2 is 1.59 bits per heavy atom. The Balaban J connectivity index is 0.000000132. The third-order valence-electron chi connectivity index (χ3n) is 5.62. The summed E-state index contributed by atoms with van der Waals surface area (Å²) in [4.78, 5) is 10.4. The predicted molar refractivity (Wildman–Crippen MR) is 90.3 cm³/mol. The smallest absolute Gasteiger partial charge is 0.320 e. The zero-order chi connectivity index (χ0) is 15.5. The highest BCUT2D eigenvalue weighted by Gasteiger charge is 2.43. The minimum atomic E-state index is -0.959. The number of hydrogen-bond acceptors (Lipinski definition) is 2. The number of nitrogens with two attached hydrogens (primary N) is 1. The maximum Gasteiger partial charge on any atom is 0.320 e. The van der Waals surface area contributed by atoms with Crippen LogP contribution in [0.3, 0.4) is 0 Å². The van der Waals surface area contributed by atoms with E-state index in [1.165, 1.54) is 24.5 Å². The molecule has 0 radical (unpaired) electrons. The van der Waals surface area contributed by atoms with Crippen molar-refractivity contribution >= 4 is 12.7 Å². The Morgan fingerprint density at radius 1 is 1.09 bits per heavy atom. The average Bonchev–Trinajstić information content (AvgIpc) is 2.47. The van der Waals surface area contributed by atoms with Crippen molar-refractivity contribution < 1.29 is 9.90 Å². The van der Waals surface area contributed by atoms with Gasteiger partial charge >= 0.3 is 5.97 Å². The van der Waals surface area contributed by atoms with Crippen LogP contribution >= 0.6 is 0 Å². The lowest BCUT2D eigenvalue weighted by Crippen LogP contribution is -2.42. The van der Waals surface area contributed by atoms with Gasteiger partial charge in [-0.1, -0.05) is 49.3 Å². The van der Waals surface area contributed by atoms with E-state index >= 15 is 0 Å². The van der Waals surface area contributed by atoms with E-state index in [1.807, 2.05) is 30.3 Å². The first-order valence-electron chi connectivity index (χ1n) is 8.62. The SMILES string of the molecule is C1B2CC3CC1CC(C2)C3.N[C@@H](Cc1ccccc1)C(=O)O. The fraction of sp³-hybridized carbons (Fsp3) is 0.611. The monoisotopic (exact) mass is 299 g/mol. The molecule has 0 amide bonds. The van der Waals surface area contributed by atoms with Crippen LogP contribution in [0.1, 0.15) is 24.8 Å². The van der Waals surface area contributed by atoms with E-state index in [-0.39, 0.29) is 0 Å². The number of benzene rings is 1. The Labute approximate surface area is 133 Å². The number of rotatable bonds is 3. The maximum absolute atomic E-state index is 10.4. The van der Waals surface area contributed by atoms with Crippen molar-refractivity contribution in [1.82, 2.24) is 0 Å². The molecule has 3 N–H and O–H groups in total. The van der Waals surface area contributed by atoms with E-state index in [0.717, 1.165) is 5.56 Å². The molecule has 4 fully saturated rings. The zero-order valence-electron chi connectivity index (χ0n) is 13.2. The summed E-state index contributed by atoms with van der Waals surface area (Å²) in [6, 6.07) is 8.54. The molecule has 0 spiro atoms. The summed E-state index contributed by atoms with van der Waals surface area (Å²) in [6.45, 7) is 1.18. The van der Waals surface area contributed by atoms with Gasteiger partial charge in [-0.25, -0.2) is 0 Å². The van der Waals surface area contributed by atoms with Gasteiger partial charge in [0.1, 0.15) is 12.8 Å². The van der Waals surface area contributed by atoms with E-state index in [0.29, 0.717) is 6.42 Å². The minimum Gasteiger partial charge on any atom is -0.480 e. The van der Waals surface area contributed by atoms with Crippen LogP contribution in [-0.2, 0) is 11.2 Å². The minimum absolute atomic E-state index is 0.385. The van der Waals surface area contributed by atoms with Crippen LogP contribution < -0.4 is 5.73 Å². The second-order valence-corrected chi connectivity index (χ2v) is 7.51. The maximum atomic E-state index is 10.4. The van der Waals surface area contributed by atoms with E-state index in [9.17, 15) is 4.79 Å². The van der Waals surface area contributed by atoms with Gasteiger partial charge in [-0.2, -0.15) is 0 Å². The summed E-state index contributed by atoms with van der Waals surface area (Å²) in [5.41, 5.74) is 6.30. The highest BCUT2D eigenvalue weighted by Crippen LogP contribution is 2.51. The van der Waals surface area contributed by atoms with Gasteiger partial charge in [-0.05, 0) is 49.0 Å².